The minimum absolute atomic E-state index is 0.00694. The summed E-state index contributed by atoms with van der Waals surface area (Å²) < 4.78 is 2.09. The molecule has 1 atom stereocenters. The molecule has 4 rings (SSSR count). The minimum atomic E-state index is -0.556. The van der Waals surface area contributed by atoms with E-state index in [-0.39, 0.29) is 6.04 Å². The van der Waals surface area contributed by atoms with Crippen LogP contribution in [0.5, 0.6) is 0 Å². The average Bonchev–Trinajstić information content (AvgIpc) is 3.25. The van der Waals surface area contributed by atoms with Gasteiger partial charge in [0.25, 0.3) is 0 Å². The second-order valence-corrected chi connectivity index (χ2v) is 8.87. The summed E-state index contributed by atoms with van der Waals surface area (Å²) in [6.45, 7) is 2.67. The van der Waals surface area contributed by atoms with E-state index in [9.17, 15) is 9.59 Å². The van der Waals surface area contributed by atoms with E-state index in [1.165, 1.54) is 29.5 Å². The van der Waals surface area contributed by atoms with Crippen molar-refractivity contribution in [1.29, 1.82) is 0 Å². The van der Waals surface area contributed by atoms with Gasteiger partial charge in [0.2, 0.25) is 0 Å². The van der Waals surface area contributed by atoms with E-state index in [1.807, 2.05) is 19.3 Å². The molecule has 0 spiro atoms. The number of hydrogen-bond donors (Lipinski definition) is 2. The maximum absolute atomic E-state index is 12.5. The Morgan fingerprint density at radius 2 is 1.81 bits per heavy atom. The Kier molecular flexibility index (Phi) is 7.43. The summed E-state index contributed by atoms with van der Waals surface area (Å²) in [4.78, 5) is 27.2. The Bertz CT molecular complexity index is 978. The molecule has 0 fully saturated rings. The van der Waals surface area contributed by atoms with Gasteiger partial charge in [-0.1, -0.05) is 35.9 Å². The molecule has 1 aliphatic heterocycles. The van der Waals surface area contributed by atoms with Crippen molar-refractivity contribution in [3.05, 3.63) is 71.1 Å². The van der Waals surface area contributed by atoms with Gasteiger partial charge < -0.3 is 15.2 Å². The van der Waals surface area contributed by atoms with Crippen LogP contribution in [0.4, 0.5) is 0 Å². The molecule has 2 aliphatic rings. The summed E-state index contributed by atoms with van der Waals surface area (Å²) in [5.41, 5.74) is 5.25. The maximum atomic E-state index is 12.5. The molecule has 2 N–H and O–H groups in total. The van der Waals surface area contributed by atoms with E-state index in [0.29, 0.717) is 13.1 Å². The predicted molar refractivity (Wildman–Crippen MR) is 126 cm³/mol. The molecule has 2 aromatic rings. The Hall–Kier alpha value is -2.86. The first kappa shape index (κ1) is 22.3. The number of fused-ring (bicyclic) bond motifs is 1. The van der Waals surface area contributed by atoms with Gasteiger partial charge >= 0.3 is 11.8 Å². The van der Waals surface area contributed by atoms with Gasteiger partial charge in [0.15, 0.2) is 0 Å². The number of carbonyl (C=O) groups is 2. The van der Waals surface area contributed by atoms with Crippen LogP contribution in [0.25, 0.3) is 0 Å². The zero-order valence-electron chi connectivity index (χ0n) is 19.0. The van der Waals surface area contributed by atoms with Crippen LogP contribution in [-0.4, -0.2) is 40.9 Å². The lowest BCUT2D eigenvalue weighted by molar-refractivity contribution is -0.139. The summed E-state index contributed by atoms with van der Waals surface area (Å²) in [5.74, 6) is -1.10. The lowest BCUT2D eigenvalue weighted by Crippen LogP contribution is -2.45. The summed E-state index contributed by atoms with van der Waals surface area (Å²) in [5, 5.41) is 5.67. The minimum Gasteiger partial charge on any atom is -0.353 e. The van der Waals surface area contributed by atoms with E-state index in [4.69, 9.17) is 0 Å². The lowest BCUT2D eigenvalue weighted by atomic mass is 9.97. The topological polar surface area (TPSA) is 66.4 Å². The smallest absolute Gasteiger partial charge is 0.309 e. The fourth-order valence-electron chi connectivity index (χ4n) is 4.84. The zero-order chi connectivity index (χ0) is 22.3. The molecular weight excluding hydrogens is 400 g/mol. The van der Waals surface area contributed by atoms with Gasteiger partial charge in [-0.25, -0.2) is 0 Å². The van der Waals surface area contributed by atoms with Crippen LogP contribution in [0.15, 0.2) is 54.2 Å². The molecule has 0 bridgehead atoms. The molecular formula is C26H34N4O2. The number of nitrogens with one attached hydrogen (secondary N) is 2. The van der Waals surface area contributed by atoms with Crippen LogP contribution in [-0.2, 0) is 29.6 Å². The van der Waals surface area contributed by atoms with Crippen LogP contribution < -0.4 is 10.6 Å². The van der Waals surface area contributed by atoms with Crippen LogP contribution >= 0.6 is 0 Å². The molecule has 32 heavy (non-hydrogen) atoms. The zero-order valence-corrected chi connectivity index (χ0v) is 19.0. The third kappa shape index (κ3) is 5.49. The number of aryl methyl sites for hydroxylation is 1. The maximum Gasteiger partial charge on any atom is 0.309 e. The van der Waals surface area contributed by atoms with E-state index in [2.05, 4.69) is 56.5 Å². The third-order valence-electron chi connectivity index (χ3n) is 6.71. The number of nitrogens with zero attached hydrogens (tertiary/aromatic N) is 2. The molecule has 0 saturated carbocycles. The van der Waals surface area contributed by atoms with Crippen molar-refractivity contribution in [3.8, 4) is 0 Å². The van der Waals surface area contributed by atoms with Crippen LogP contribution in [0, 0.1) is 0 Å². The molecule has 0 unspecified atom stereocenters. The van der Waals surface area contributed by atoms with Crippen molar-refractivity contribution in [1.82, 2.24) is 20.1 Å². The number of carbonyl (C=O) groups excluding carboxylic acids is 2. The Labute approximate surface area is 190 Å². The highest BCUT2D eigenvalue weighted by Crippen LogP contribution is 2.27. The van der Waals surface area contributed by atoms with Crippen molar-refractivity contribution in [2.75, 3.05) is 19.6 Å². The Morgan fingerprint density at radius 3 is 2.56 bits per heavy atom. The van der Waals surface area contributed by atoms with Crippen molar-refractivity contribution in [3.63, 3.8) is 0 Å². The first-order valence-electron chi connectivity index (χ1n) is 11.8. The molecule has 6 heteroatoms. The van der Waals surface area contributed by atoms with Crippen molar-refractivity contribution < 1.29 is 9.59 Å². The van der Waals surface area contributed by atoms with Gasteiger partial charge in [0.1, 0.15) is 0 Å². The SMILES string of the molecule is Cn1cccc1[C@H](CNC(=O)C(=O)NCCC1=CCCCC1)N1CCc2ccccc2C1. The largest absolute Gasteiger partial charge is 0.353 e. The molecule has 2 heterocycles. The van der Waals surface area contributed by atoms with Gasteiger partial charge in [-0.15, -0.1) is 0 Å². The quantitative estimate of drug-likeness (QED) is 0.519. The Morgan fingerprint density at radius 1 is 1.00 bits per heavy atom. The molecule has 2 amide bonds. The third-order valence-corrected chi connectivity index (χ3v) is 6.71. The number of rotatable bonds is 7. The monoisotopic (exact) mass is 434 g/mol. The molecule has 1 aromatic heterocycles. The highest BCUT2D eigenvalue weighted by atomic mass is 16.2. The van der Waals surface area contributed by atoms with Crippen LogP contribution in [0.1, 0.15) is 55.0 Å². The second-order valence-electron chi connectivity index (χ2n) is 8.87. The molecule has 0 saturated heterocycles. The fraction of sp³-hybridized carbons (Fsp3) is 0.462. The average molecular weight is 435 g/mol. The highest BCUT2D eigenvalue weighted by molar-refractivity contribution is 6.35. The number of amides is 2. The standard InChI is InChI=1S/C26H34N4O2/c1-29-16-7-12-23(29)24(30-17-14-21-10-5-6-11-22(21)19-30)18-28-26(32)25(31)27-15-13-20-8-3-2-4-9-20/h5-8,10-12,16,24H,2-4,9,13-15,17-19H2,1H3,(H,27,31)(H,28,32)/t24-/m0/s1. The van der Waals surface area contributed by atoms with Crippen molar-refractivity contribution >= 4 is 11.8 Å². The summed E-state index contributed by atoms with van der Waals surface area (Å²) in [6.07, 6.45) is 10.8. The number of hydrogen-bond acceptors (Lipinski definition) is 3. The van der Waals surface area contributed by atoms with Gasteiger partial charge in [0, 0.05) is 45.1 Å². The van der Waals surface area contributed by atoms with E-state index >= 15 is 0 Å². The fourth-order valence-corrected chi connectivity index (χ4v) is 4.84. The number of benzene rings is 1. The molecule has 170 valence electrons. The molecule has 6 nitrogen and oxygen atoms in total. The number of aromatic nitrogens is 1. The van der Waals surface area contributed by atoms with Gasteiger partial charge in [-0.05, 0) is 61.8 Å². The summed E-state index contributed by atoms with van der Waals surface area (Å²) >= 11 is 0. The number of allylic oxidation sites excluding steroid dienone is 1. The van der Waals surface area contributed by atoms with Crippen LogP contribution in [0.3, 0.4) is 0 Å². The predicted octanol–water partition coefficient (Wildman–Crippen LogP) is 3.25. The van der Waals surface area contributed by atoms with Crippen molar-refractivity contribution in [2.45, 2.75) is 51.1 Å². The summed E-state index contributed by atoms with van der Waals surface area (Å²) in [6, 6.07) is 12.7. The van der Waals surface area contributed by atoms with E-state index < -0.39 is 11.8 Å². The second kappa shape index (κ2) is 10.6. The normalized spacial score (nSPS) is 17.2. The molecule has 1 aromatic carbocycles. The molecule has 0 radical (unpaired) electrons. The molecule has 1 aliphatic carbocycles. The van der Waals surface area contributed by atoms with Crippen molar-refractivity contribution in [2.24, 2.45) is 7.05 Å². The van der Waals surface area contributed by atoms with E-state index in [1.54, 1.807) is 0 Å². The van der Waals surface area contributed by atoms with Gasteiger partial charge in [-0.2, -0.15) is 0 Å². The highest BCUT2D eigenvalue weighted by Gasteiger charge is 2.27. The van der Waals surface area contributed by atoms with Gasteiger partial charge in [0.05, 0.1) is 6.04 Å². The first-order chi connectivity index (χ1) is 15.6. The Balaban J connectivity index is 1.34. The van der Waals surface area contributed by atoms with E-state index in [0.717, 1.165) is 44.5 Å². The lowest BCUT2D eigenvalue weighted by Gasteiger charge is -2.36. The van der Waals surface area contributed by atoms with Crippen LogP contribution in [0.2, 0.25) is 0 Å². The first-order valence-corrected chi connectivity index (χ1v) is 11.8. The van der Waals surface area contributed by atoms with Gasteiger partial charge in [-0.3, -0.25) is 14.5 Å². The summed E-state index contributed by atoms with van der Waals surface area (Å²) in [7, 11) is 2.02.